The van der Waals surface area contributed by atoms with Gasteiger partial charge in [-0.15, -0.1) is 11.3 Å². The maximum absolute atomic E-state index is 2.26. The third-order valence-electron chi connectivity index (χ3n) is 2.30. The fraction of sp³-hybridized carbons (Fsp3) is 0.429. The molecule has 0 amide bonds. The molecule has 1 heteroatoms. The molecule has 0 saturated carbocycles. The average Bonchev–Trinajstić information content (AvgIpc) is 2.38. The Morgan fingerprint density at radius 3 is 2.60 bits per heavy atom. The summed E-state index contributed by atoms with van der Waals surface area (Å²) in [4.78, 5) is 1.47. The van der Waals surface area contributed by atoms with Crippen molar-refractivity contribution >= 4 is 11.3 Å². The van der Waals surface area contributed by atoms with E-state index in [-0.39, 0.29) is 0 Å². The van der Waals surface area contributed by atoms with Gasteiger partial charge in [-0.1, -0.05) is 56.5 Å². The summed E-state index contributed by atoms with van der Waals surface area (Å²) in [7, 11) is 0. The standard InChI is InChI=1S/C14H20S/c1-2-3-4-8-11-14-12-9-6-5-7-10-13-15-14/h5-7,9-10,12-13H,2-4,8,11H2,1H3. The van der Waals surface area contributed by atoms with Crippen molar-refractivity contribution < 1.29 is 0 Å². The lowest BCUT2D eigenvalue weighted by atomic mass is 10.1. The van der Waals surface area contributed by atoms with Gasteiger partial charge in [0.15, 0.2) is 0 Å². The second-order valence-electron chi connectivity index (χ2n) is 3.66. The summed E-state index contributed by atoms with van der Waals surface area (Å²) in [5, 5.41) is 2.16. The van der Waals surface area contributed by atoms with Crippen LogP contribution in [0.15, 0.2) is 41.8 Å². The lowest BCUT2D eigenvalue weighted by Gasteiger charge is -1.97. The fourth-order valence-electron chi connectivity index (χ4n) is 1.43. The summed E-state index contributed by atoms with van der Waals surface area (Å²) < 4.78 is 0. The van der Waals surface area contributed by atoms with E-state index in [1.165, 1.54) is 37.0 Å². The summed E-state index contributed by atoms with van der Waals surface area (Å²) in [6, 6.07) is 12.7. The van der Waals surface area contributed by atoms with Crippen LogP contribution in [0.5, 0.6) is 0 Å². The second kappa shape index (κ2) is 8.49. The molecule has 1 aromatic heterocycles. The molecular formula is C14H20S. The summed E-state index contributed by atoms with van der Waals surface area (Å²) in [5.74, 6) is 0. The van der Waals surface area contributed by atoms with Gasteiger partial charge in [-0.2, -0.15) is 0 Å². The molecule has 0 radical (unpaired) electrons. The minimum atomic E-state index is 1.22. The molecule has 0 bridgehead atoms. The Balaban J connectivity index is 2.50. The quantitative estimate of drug-likeness (QED) is 0.613. The number of aryl methyl sites for hydroxylation is 1. The van der Waals surface area contributed by atoms with E-state index in [1.54, 1.807) is 0 Å². The van der Waals surface area contributed by atoms with Gasteiger partial charge in [0, 0.05) is 4.88 Å². The monoisotopic (exact) mass is 220 g/mol. The highest BCUT2D eigenvalue weighted by molar-refractivity contribution is 7.09. The van der Waals surface area contributed by atoms with Gasteiger partial charge in [-0.05, 0) is 24.3 Å². The minimum Gasteiger partial charge on any atom is -0.149 e. The Hall–Kier alpha value is -0.820. The van der Waals surface area contributed by atoms with Gasteiger partial charge in [0.25, 0.3) is 0 Å². The van der Waals surface area contributed by atoms with Crippen molar-refractivity contribution in [2.75, 3.05) is 0 Å². The van der Waals surface area contributed by atoms with E-state index in [0.717, 1.165) is 0 Å². The van der Waals surface area contributed by atoms with Crippen molar-refractivity contribution in [1.82, 2.24) is 0 Å². The van der Waals surface area contributed by atoms with Crippen LogP contribution in [0.4, 0.5) is 0 Å². The molecule has 15 heavy (non-hydrogen) atoms. The van der Waals surface area contributed by atoms with Gasteiger partial charge in [-0.25, -0.2) is 0 Å². The van der Waals surface area contributed by atoms with Crippen molar-refractivity contribution in [2.24, 2.45) is 0 Å². The molecule has 0 spiro atoms. The topological polar surface area (TPSA) is 0 Å². The van der Waals surface area contributed by atoms with E-state index in [0.29, 0.717) is 0 Å². The largest absolute Gasteiger partial charge is 0.149 e. The fourth-order valence-corrected chi connectivity index (χ4v) is 2.20. The smallest absolute Gasteiger partial charge is 0.00449 e. The first kappa shape index (κ1) is 12.3. The van der Waals surface area contributed by atoms with Crippen LogP contribution >= 0.6 is 11.3 Å². The van der Waals surface area contributed by atoms with Crippen LogP contribution in [0, 0.1) is 0 Å². The molecule has 0 unspecified atom stereocenters. The molecular weight excluding hydrogens is 200 g/mol. The number of rotatable bonds is 5. The van der Waals surface area contributed by atoms with Crippen molar-refractivity contribution in [1.29, 1.82) is 0 Å². The van der Waals surface area contributed by atoms with Crippen molar-refractivity contribution in [3.8, 4) is 0 Å². The van der Waals surface area contributed by atoms with Crippen LogP contribution in [0.2, 0.25) is 0 Å². The van der Waals surface area contributed by atoms with Gasteiger partial charge >= 0.3 is 0 Å². The molecule has 0 nitrogen and oxygen atoms in total. The summed E-state index contributed by atoms with van der Waals surface area (Å²) in [6.07, 6.45) is 6.59. The maximum Gasteiger partial charge on any atom is 0.00449 e. The second-order valence-corrected chi connectivity index (χ2v) is 4.69. The SMILES string of the molecule is CCCCCCc1cccccccs1. The van der Waals surface area contributed by atoms with Crippen molar-refractivity contribution in [3.05, 3.63) is 46.7 Å². The van der Waals surface area contributed by atoms with Crippen LogP contribution in [-0.4, -0.2) is 0 Å². The molecule has 0 aliphatic carbocycles. The average molecular weight is 220 g/mol. The Labute approximate surface area is 97.3 Å². The predicted molar refractivity (Wildman–Crippen MR) is 69.8 cm³/mol. The minimum absolute atomic E-state index is 1.22. The Morgan fingerprint density at radius 1 is 0.933 bits per heavy atom. The molecule has 1 heterocycles. The van der Waals surface area contributed by atoms with E-state index in [2.05, 4.69) is 48.7 Å². The van der Waals surface area contributed by atoms with Crippen LogP contribution in [0.3, 0.4) is 0 Å². The molecule has 0 saturated heterocycles. The Kier molecular flexibility index (Phi) is 6.93. The molecule has 0 fully saturated rings. The molecule has 1 aromatic rings. The lowest BCUT2D eigenvalue weighted by molar-refractivity contribution is 0.670. The predicted octanol–water partition coefficient (Wildman–Crippen LogP) is 5.00. The first-order valence-electron chi connectivity index (χ1n) is 5.79. The van der Waals surface area contributed by atoms with Crippen LogP contribution in [0.1, 0.15) is 37.5 Å². The van der Waals surface area contributed by atoms with Crippen LogP contribution in [-0.2, 0) is 6.42 Å². The third kappa shape index (κ3) is 6.29. The normalized spacial score (nSPS) is 9.67. The zero-order valence-corrected chi connectivity index (χ0v) is 10.3. The summed E-state index contributed by atoms with van der Waals surface area (Å²) >= 11 is 1.85. The van der Waals surface area contributed by atoms with Gasteiger partial charge in [-0.3, -0.25) is 0 Å². The maximum atomic E-state index is 2.26. The number of hydrogen-bond donors (Lipinski definition) is 0. The van der Waals surface area contributed by atoms with Crippen molar-refractivity contribution in [2.45, 2.75) is 39.0 Å². The Morgan fingerprint density at radius 2 is 1.73 bits per heavy atom. The highest BCUT2D eigenvalue weighted by atomic mass is 32.1. The number of hydrogen-bond acceptors (Lipinski definition) is 1. The molecule has 0 aliphatic heterocycles. The first-order chi connectivity index (χ1) is 7.43. The highest BCUT2D eigenvalue weighted by Crippen LogP contribution is 2.10. The van der Waals surface area contributed by atoms with E-state index < -0.39 is 0 Å². The van der Waals surface area contributed by atoms with Crippen molar-refractivity contribution in [3.63, 3.8) is 0 Å². The van der Waals surface area contributed by atoms with Gasteiger partial charge in [0.05, 0.1) is 0 Å². The van der Waals surface area contributed by atoms with E-state index in [9.17, 15) is 0 Å². The van der Waals surface area contributed by atoms with Crippen LogP contribution < -0.4 is 0 Å². The zero-order chi connectivity index (χ0) is 10.8. The zero-order valence-electron chi connectivity index (χ0n) is 9.49. The van der Waals surface area contributed by atoms with Gasteiger partial charge < -0.3 is 0 Å². The van der Waals surface area contributed by atoms with E-state index >= 15 is 0 Å². The lowest BCUT2D eigenvalue weighted by Crippen LogP contribution is -1.81. The van der Waals surface area contributed by atoms with Gasteiger partial charge in [0.2, 0.25) is 0 Å². The number of unbranched alkanes of at least 4 members (excludes halogenated alkanes) is 3. The first-order valence-corrected chi connectivity index (χ1v) is 6.67. The molecule has 1 rings (SSSR count). The molecule has 82 valence electrons. The molecule has 0 N–H and O–H groups in total. The highest BCUT2D eigenvalue weighted by Gasteiger charge is 1.90. The Bertz CT molecular complexity index is 276. The van der Waals surface area contributed by atoms with Gasteiger partial charge in [0.1, 0.15) is 0 Å². The summed E-state index contributed by atoms with van der Waals surface area (Å²) in [5.41, 5.74) is 0. The summed E-state index contributed by atoms with van der Waals surface area (Å²) in [6.45, 7) is 2.26. The van der Waals surface area contributed by atoms with E-state index in [1.807, 2.05) is 11.3 Å². The molecule has 0 aromatic carbocycles. The van der Waals surface area contributed by atoms with Crippen LogP contribution in [0.25, 0.3) is 0 Å². The molecule has 0 aliphatic rings. The molecule has 0 atom stereocenters. The third-order valence-corrected chi connectivity index (χ3v) is 3.24. The van der Waals surface area contributed by atoms with E-state index in [4.69, 9.17) is 0 Å².